The molecule has 26 heavy (non-hydrogen) atoms. The highest BCUT2D eigenvalue weighted by Gasteiger charge is 2.41. The summed E-state index contributed by atoms with van der Waals surface area (Å²) >= 11 is 0. The summed E-state index contributed by atoms with van der Waals surface area (Å²) in [5.74, 6) is -0.746. The van der Waals surface area contributed by atoms with Crippen LogP contribution in [0.5, 0.6) is 0 Å². The van der Waals surface area contributed by atoms with E-state index in [1.54, 1.807) is 24.3 Å². The highest BCUT2D eigenvalue weighted by molar-refractivity contribution is 7.88. The minimum Gasteiger partial charge on any atom is -0.272 e. The lowest BCUT2D eigenvalue weighted by atomic mass is 9.94. The number of amides is 2. The lowest BCUT2D eigenvalue weighted by Crippen LogP contribution is -2.46. The average molecular weight is 370 g/mol. The molecule has 2 aliphatic rings. The number of nitrogens with zero attached hydrogens (tertiary/aromatic N) is 2. The molecule has 2 aliphatic heterocycles. The minimum absolute atomic E-state index is 0.0103. The van der Waals surface area contributed by atoms with E-state index in [4.69, 9.17) is 0 Å². The van der Waals surface area contributed by atoms with Gasteiger partial charge >= 0.3 is 0 Å². The number of rotatable bonds is 3. The topological polar surface area (TPSA) is 74.8 Å². The summed E-state index contributed by atoms with van der Waals surface area (Å²) in [6, 6.07) is 13.7. The average Bonchev–Trinajstić information content (AvgIpc) is 2.86. The number of carbonyl (C=O) groups is 2. The number of sulfonamides is 1. The van der Waals surface area contributed by atoms with Crippen LogP contribution >= 0.6 is 0 Å². The summed E-state index contributed by atoms with van der Waals surface area (Å²) in [7, 11) is -3.48. The molecule has 0 saturated carbocycles. The number of fused-ring (bicyclic) bond motifs is 2. The van der Waals surface area contributed by atoms with Crippen LogP contribution in [0, 0.1) is 0 Å². The molecule has 2 aromatic carbocycles. The molecule has 0 radical (unpaired) electrons. The van der Waals surface area contributed by atoms with Gasteiger partial charge in [0.05, 0.1) is 30.0 Å². The molecule has 134 valence electrons. The summed E-state index contributed by atoms with van der Waals surface area (Å²) < 4.78 is 26.0. The quantitative estimate of drug-likeness (QED) is 0.773. The molecule has 0 aromatic heterocycles. The Kier molecular flexibility index (Phi) is 3.93. The van der Waals surface area contributed by atoms with Crippen LogP contribution in [0.15, 0.2) is 48.5 Å². The number of hydrogen-bond acceptors (Lipinski definition) is 4. The minimum atomic E-state index is -3.48. The fourth-order valence-corrected chi connectivity index (χ4v) is 4.86. The maximum atomic E-state index is 12.7. The van der Waals surface area contributed by atoms with Crippen molar-refractivity contribution in [2.75, 3.05) is 19.3 Å². The van der Waals surface area contributed by atoms with Gasteiger partial charge in [-0.2, -0.15) is 4.31 Å². The van der Waals surface area contributed by atoms with Gasteiger partial charge in [-0.05, 0) is 29.7 Å². The monoisotopic (exact) mass is 370 g/mol. The van der Waals surface area contributed by atoms with Crippen molar-refractivity contribution >= 4 is 21.8 Å². The van der Waals surface area contributed by atoms with Crippen molar-refractivity contribution in [1.82, 2.24) is 9.21 Å². The summed E-state index contributed by atoms with van der Waals surface area (Å²) in [4.78, 5) is 26.5. The maximum Gasteiger partial charge on any atom is 0.261 e. The van der Waals surface area contributed by atoms with Crippen molar-refractivity contribution in [3.63, 3.8) is 0 Å². The third-order valence-corrected chi connectivity index (χ3v) is 6.31. The molecule has 2 aromatic rings. The first-order valence-corrected chi connectivity index (χ1v) is 10.2. The zero-order chi connectivity index (χ0) is 18.5. The molecule has 2 amide bonds. The Bertz CT molecular complexity index is 981. The van der Waals surface area contributed by atoms with Crippen molar-refractivity contribution < 1.29 is 18.0 Å². The number of imide groups is 1. The van der Waals surface area contributed by atoms with Gasteiger partial charge in [0.15, 0.2) is 0 Å². The van der Waals surface area contributed by atoms with Crippen molar-refractivity contribution in [3.05, 3.63) is 70.8 Å². The van der Waals surface area contributed by atoms with E-state index in [-0.39, 0.29) is 18.4 Å². The van der Waals surface area contributed by atoms with E-state index in [1.165, 1.54) is 4.31 Å². The Morgan fingerprint density at radius 1 is 0.962 bits per heavy atom. The maximum absolute atomic E-state index is 12.7. The van der Waals surface area contributed by atoms with E-state index in [0.29, 0.717) is 24.1 Å². The first-order chi connectivity index (χ1) is 12.4. The van der Waals surface area contributed by atoms with Crippen LogP contribution in [0.4, 0.5) is 0 Å². The van der Waals surface area contributed by atoms with Crippen LogP contribution in [0.3, 0.4) is 0 Å². The summed E-state index contributed by atoms with van der Waals surface area (Å²) in [6.07, 6.45) is 1.78. The molecule has 6 nitrogen and oxygen atoms in total. The van der Waals surface area contributed by atoms with E-state index in [1.807, 2.05) is 24.3 Å². The SMILES string of the molecule is CS(=O)(=O)N1CCc2ccccc2[C@H]1CN1C(=O)c2ccccc2C1=O. The molecule has 0 bridgehead atoms. The highest BCUT2D eigenvalue weighted by Crippen LogP contribution is 2.34. The first-order valence-electron chi connectivity index (χ1n) is 8.38. The Balaban J connectivity index is 1.74. The van der Waals surface area contributed by atoms with Gasteiger partial charge in [0.1, 0.15) is 0 Å². The van der Waals surface area contributed by atoms with Gasteiger partial charge in [-0.25, -0.2) is 8.42 Å². The second-order valence-corrected chi connectivity index (χ2v) is 8.54. The van der Waals surface area contributed by atoms with Crippen molar-refractivity contribution in [3.8, 4) is 0 Å². The van der Waals surface area contributed by atoms with E-state index < -0.39 is 16.1 Å². The molecule has 0 spiro atoms. The smallest absolute Gasteiger partial charge is 0.261 e. The Morgan fingerprint density at radius 3 is 2.15 bits per heavy atom. The van der Waals surface area contributed by atoms with Gasteiger partial charge in [0.25, 0.3) is 11.8 Å². The van der Waals surface area contributed by atoms with Crippen LogP contribution in [-0.4, -0.2) is 48.8 Å². The normalized spacial score (nSPS) is 20.2. The summed E-state index contributed by atoms with van der Waals surface area (Å²) in [6.45, 7) is 0.347. The fourth-order valence-electron chi connectivity index (χ4n) is 3.79. The number of carbonyl (C=O) groups excluding carboxylic acids is 2. The Morgan fingerprint density at radius 2 is 1.54 bits per heavy atom. The summed E-state index contributed by atoms with van der Waals surface area (Å²) in [5.41, 5.74) is 2.63. The predicted molar refractivity (Wildman–Crippen MR) is 96.2 cm³/mol. The van der Waals surface area contributed by atoms with Gasteiger partial charge < -0.3 is 0 Å². The van der Waals surface area contributed by atoms with Crippen LogP contribution in [0.1, 0.15) is 37.9 Å². The third-order valence-electron chi connectivity index (χ3n) is 5.02. The highest BCUT2D eigenvalue weighted by atomic mass is 32.2. The molecule has 4 rings (SSSR count). The predicted octanol–water partition coefficient (Wildman–Crippen LogP) is 1.84. The molecular formula is C19H18N2O4S. The van der Waals surface area contributed by atoms with Crippen molar-refractivity contribution in [2.24, 2.45) is 0 Å². The Labute approximate surface area is 152 Å². The standard InChI is InChI=1S/C19H18N2O4S/c1-26(24,25)21-11-10-13-6-2-3-7-14(13)17(21)12-20-18(22)15-8-4-5-9-16(15)19(20)23/h2-9,17H,10-12H2,1H3/t17-/m1/s1. The van der Waals surface area contributed by atoms with Crippen molar-refractivity contribution in [1.29, 1.82) is 0 Å². The zero-order valence-electron chi connectivity index (χ0n) is 14.3. The van der Waals surface area contributed by atoms with E-state index >= 15 is 0 Å². The zero-order valence-corrected chi connectivity index (χ0v) is 15.1. The van der Waals surface area contributed by atoms with Gasteiger partial charge in [-0.15, -0.1) is 0 Å². The lowest BCUT2D eigenvalue weighted by molar-refractivity contribution is 0.0616. The van der Waals surface area contributed by atoms with Crippen molar-refractivity contribution in [2.45, 2.75) is 12.5 Å². The third kappa shape index (κ3) is 2.64. The molecule has 0 aliphatic carbocycles. The lowest BCUT2D eigenvalue weighted by Gasteiger charge is -2.37. The van der Waals surface area contributed by atoms with Gasteiger partial charge in [-0.3, -0.25) is 14.5 Å². The molecule has 2 heterocycles. The molecule has 7 heteroatoms. The molecule has 0 fully saturated rings. The second-order valence-electron chi connectivity index (χ2n) is 6.60. The van der Waals surface area contributed by atoms with E-state index in [9.17, 15) is 18.0 Å². The van der Waals surface area contributed by atoms with Gasteiger partial charge in [0.2, 0.25) is 10.0 Å². The second kappa shape index (κ2) is 6.03. The van der Waals surface area contributed by atoms with Gasteiger partial charge in [0, 0.05) is 6.54 Å². The van der Waals surface area contributed by atoms with E-state index in [2.05, 4.69) is 0 Å². The number of benzene rings is 2. The Hall–Kier alpha value is -2.51. The van der Waals surface area contributed by atoms with Crippen LogP contribution in [-0.2, 0) is 16.4 Å². The first kappa shape index (κ1) is 16.9. The summed E-state index contributed by atoms with van der Waals surface area (Å²) in [5, 5.41) is 0. The van der Waals surface area contributed by atoms with Gasteiger partial charge in [-0.1, -0.05) is 36.4 Å². The molecule has 0 N–H and O–H groups in total. The van der Waals surface area contributed by atoms with E-state index in [0.717, 1.165) is 22.3 Å². The number of hydrogen-bond donors (Lipinski definition) is 0. The molecule has 0 unspecified atom stereocenters. The largest absolute Gasteiger partial charge is 0.272 e. The van der Waals surface area contributed by atoms with Crippen LogP contribution < -0.4 is 0 Å². The van der Waals surface area contributed by atoms with Crippen LogP contribution in [0.25, 0.3) is 0 Å². The van der Waals surface area contributed by atoms with Crippen LogP contribution in [0.2, 0.25) is 0 Å². The fraction of sp³-hybridized carbons (Fsp3) is 0.263. The molecule has 0 saturated heterocycles. The molecule has 1 atom stereocenters. The molecular weight excluding hydrogens is 352 g/mol.